The van der Waals surface area contributed by atoms with Gasteiger partial charge in [-0.25, -0.2) is 0 Å². The summed E-state index contributed by atoms with van der Waals surface area (Å²) >= 11 is 3.84. The summed E-state index contributed by atoms with van der Waals surface area (Å²) in [6.45, 7) is 0. The van der Waals surface area contributed by atoms with Gasteiger partial charge in [-0.05, 0) is 10.8 Å². The van der Waals surface area contributed by atoms with Gasteiger partial charge in [-0.3, -0.25) is 10.1 Å². The molecule has 1 aromatic rings. The van der Waals surface area contributed by atoms with Gasteiger partial charge in [-0.2, -0.15) is 0 Å². The summed E-state index contributed by atoms with van der Waals surface area (Å²) in [5.41, 5.74) is 0.669. The van der Waals surface area contributed by atoms with Crippen LogP contribution in [0.1, 0.15) is 10.9 Å². The number of rotatable bonds is 3. The van der Waals surface area contributed by atoms with E-state index < -0.39 is 5.37 Å². The van der Waals surface area contributed by atoms with Crippen LogP contribution in [0, 0.1) is 10.1 Å². The summed E-state index contributed by atoms with van der Waals surface area (Å²) in [5, 5.41) is 9.70. The number of hydrogen-bond acceptors (Lipinski definition) is 4. The van der Waals surface area contributed by atoms with E-state index in [1.165, 1.54) is 0 Å². The van der Waals surface area contributed by atoms with Crippen LogP contribution in [-0.4, -0.2) is 4.92 Å². The molecule has 1 rings (SSSR count). The molecular formula is C7H7NO2S2. The Morgan fingerprint density at radius 1 is 1.42 bits per heavy atom. The van der Waals surface area contributed by atoms with Crippen LogP contribution in [0.15, 0.2) is 30.3 Å². The fraction of sp³-hybridized carbons (Fsp3) is 0.143. The molecule has 0 heterocycles. The first-order valence-corrected chi connectivity index (χ1v) is 5.17. The predicted octanol–water partition coefficient (Wildman–Crippen LogP) is 2.54. The van der Waals surface area contributed by atoms with E-state index in [1.54, 1.807) is 24.3 Å². The van der Waals surface area contributed by atoms with Gasteiger partial charge >= 0.3 is 0 Å². The van der Waals surface area contributed by atoms with E-state index in [-0.39, 0.29) is 4.92 Å². The molecular weight excluding hydrogens is 194 g/mol. The number of nitro groups is 1. The van der Waals surface area contributed by atoms with Gasteiger partial charge in [0.05, 0.1) is 0 Å². The number of thiol groups is 1. The summed E-state index contributed by atoms with van der Waals surface area (Å²) in [6.07, 6.45) is 0. The fourth-order valence-corrected chi connectivity index (χ4v) is 1.79. The van der Waals surface area contributed by atoms with E-state index in [0.29, 0.717) is 5.56 Å². The van der Waals surface area contributed by atoms with Gasteiger partial charge < -0.3 is 0 Å². The third-order valence-electron chi connectivity index (χ3n) is 1.38. The van der Waals surface area contributed by atoms with Crippen molar-refractivity contribution < 1.29 is 4.92 Å². The summed E-state index contributed by atoms with van der Waals surface area (Å²) in [5.74, 6) is 0. The van der Waals surface area contributed by atoms with Crippen LogP contribution in [0.4, 0.5) is 0 Å². The fourth-order valence-electron chi connectivity index (χ4n) is 0.839. The molecule has 0 saturated heterocycles. The maximum atomic E-state index is 10.5. The van der Waals surface area contributed by atoms with Crippen molar-refractivity contribution in [2.75, 3.05) is 0 Å². The van der Waals surface area contributed by atoms with Gasteiger partial charge in [0.15, 0.2) is 0 Å². The van der Waals surface area contributed by atoms with E-state index in [9.17, 15) is 10.1 Å². The Hall–Kier alpha value is -0.680. The molecule has 3 nitrogen and oxygen atoms in total. The molecule has 0 spiro atoms. The van der Waals surface area contributed by atoms with Gasteiger partial charge in [-0.15, -0.1) is 11.7 Å². The lowest BCUT2D eigenvalue weighted by Crippen LogP contribution is -2.04. The molecule has 5 heteroatoms. The molecule has 0 aliphatic heterocycles. The molecule has 0 aromatic heterocycles. The van der Waals surface area contributed by atoms with E-state index >= 15 is 0 Å². The first-order valence-electron chi connectivity index (χ1n) is 3.24. The Morgan fingerprint density at radius 3 is 2.42 bits per heavy atom. The van der Waals surface area contributed by atoms with Crippen molar-refractivity contribution in [3.63, 3.8) is 0 Å². The van der Waals surface area contributed by atoms with Crippen LogP contribution in [0.5, 0.6) is 0 Å². The molecule has 1 unspecified atom stereocenters. The maximum Gasteiger partial charge on any atom is 0.292 e. The summed E-state index contributed by atoms with van der Waals surface area (Å²) in [4.78, 5) is 10.1. The Kier molecular flexibility index (Phi) is 3.43. The third-order valence-corrected chi connectivity index (χ3v) is 2.62. The van der Waals surface area contributed by atoms with Crippen LogP contribution in [-0.2, 0) is 0 Å². The standard InChI is InChI=1S/C7H7NO2S2/c9-8(10)7(12-11)6-4-2-1-3-5-6/h1-5,7,11H. The number of benzene rings is 1. The molecule has 0 aliphatic carbocycles. The molecule has 1 aromatic carbocycles. The monoisotopic (exact) mass is 201 g/mol. The maximum absolute atomic E-state index is 10.5. The minimum absolute atomic E-state index is 0.354. The Morgan fingerprint density at radius 2 is 2.00 bits per heavy atom. The largest absolute Gasteiger partial charge is 0.292 e. The average Bonchev–Trinajstić information content (AvgIpc) is 2.07. The molecule has 0 bridgehead atoms. The van der Waals surface area contributed by atoms with Crippen molar-refractivity contribution in [1.29, 1.82) is 0 Å². The summed E-state index contributed by atoms with van der Waals surface area (Å²) in [6, 6.07) is 8.81. The lowest BCUT2D eigenvalue weighted by atomic mass is 10.2. The zero-order valence-electron chi connectivity index (χ0n) is 6.08. The van der Waals surface area contributed by atoms with E-state index in [2.05, 4.69) is 11.7 Å². The SMILES string of the molecule is O=[N+]([O-])C(SS)c1ccccc1. The molecule has 12 heavy (non-hydrogen) atoms. The highest BCUT2D eigenvalue weighted by Crippen LogP contribution is 2.31. The second-order valence-electron chi connectivity index (χ2n) is 2.15. The van der Waals surface area contributed by atoms with Gasteiger partial charge in [0, 0.05) is 10.5 Å². The highest BCUT2D eigenvalue weighted by Gasteiger charge is 2.20. The van der Waals surface area contributed by atoms with Gasteiger partial charge in [0.1, 0.15) is 0 Å². The molecule has 0 fully saturated rings. The highest BCUT2D eigenvalue weighted by molar-refractivity contribution is 8.68. The van der Waals surface area contributed by atoms with Crippen molar-refractivity contribution in [2.24, 2.45) is 0 Å². The zero-order chi connectivity index (χ0) is 8.97. The van der Waals surface area contributed by atoms with Gasteiger partial charge in [0.2, 0.25) is 0 Å². The van der Waals surface area contributed by atoms with Gasteiger partial charge in [-0.1, -0.05) is 30.3 Å². The van der Waals surface area contributed by atoms with Crippen LogP contribution in [0.3, 0.4) is 0 Å². The van der Waals surface area contributed by atoms with Crippen LogP contribution in [0.2, 0.25) is 0 Å². The second kappa shape index (κ2) is 4.37. The molecule has 0 radical (unpaired) electrons. The zero-order valence-corrected chi connectivity index (χ0v) is 7.79. The number of nitrogens with zero attached hydrogens (tertiary/aromatic N) is 1. The average molecular weight is 201 g/mol. The smallest absolute Gasteiger partial charge is 0.263 e. The highest BCUT2D eigenvalue weighted by atomic mass is 33.1. The minimum Gasteiger partial charge on any atom is -0.263 e. The first kappa shape index (κ1) is 9.41. The predicted molar refractivity (Wildman–Crippen MR) is 52.8 cm³/mol. The minimum atomic E-state index is -0.769. The van der Waals surface area contributed by atoms with Crippen LogP contribution in [0.25, 0.3) is 0 Å². The summed E-state index contributed by atoms with van der Waals surface area (Å²) < 4.78 is 0. The Bertz CT molecular complexity index is 265. The van der Waals surface area contributed by atoms with Crippen molar-refractivity contribution in [3.05, 3.63) is 46.0 Å². The van der Waals surface area contributed by atoms with E-state index in [1.807, 2.05) is 6.07 Å². The van der Waals surface area contributed by atoms with Crippen molar-refractivity contribution >= 4 is 22.5 Å². The summed E-state index contributed by atoms with van der Waals surface area (Å²) in [7, 11) is 0.926. The number of hydrogen-bond donors (Lipinski definition) is 1. The topological polar surface area (TPSA) is 43.1 Å². The van der Waals surface area contributed by atoms with E-state index in [0.717, 1.165) is 10.8 Å². The molecule has 0 saturated carbocycles. The Labute approximate surface area is 79.1 Å². The lowest BCUT2D eigenvalue weighted by molar-refractivity contribution is -0.500. The molecule has 0 aliphatic rings. The normalized spacial score (nSPS) is 12.4. The third kappa shape index (κ3) is 2.15. The van der Waals surface area contributed by atoms with Crippen molar-refractivity contribution in [1.82, 2.24) is 0 Å². The quantitative estimate of drug-likeness (QED) is 0.269. The Balaban J connectivity index is 2.88. The van der Waals surface area contributed by atoms with E-state index in [4.69, 9.17) is 0 Å². The lowest BCUT2D eigenvalue weighted by Gasteiger charge is -2.04. The van der Waals surface area contributed by atoms with Crippen LogP contribution < -0.4 is 0 Å². The van der Waals surface area contributed by atoms with Crippen LogP contribution >= 0.6 is 22.5 Å². The molecule has 1 atom stereocenters. The van der Waals surface area contributed by atoms with Crippen molar-refractivity contribution in [3.8, 4) is 0 Å². The van der Waals surface area contributed by atoms with Crippen molar-refractivity contribution in [2.45, 2.75) is 5.37 Å². The molecule has 0 amide bonds. The second-order valence-corrected chi connectivity index (χ2v) is 3.44. The first-order chi connectivity index (χ1) is 5.75. The molecule has 64 valence electrons. The molecule has 0 N–H and O–H groups in total. The van der Waals surface area contributed by atoms with Gasteiger partial charge in [0.25, 0.3) is 5.37 Å².